The van der Waals surface area contributed by atoms with Gasteiger partial charge < -0.3 is 11.1 Å². The summed E-state index contributed by atoms with van der Waals surface area (Å²) in [6, 6.07) is 0.0724. The number of anilines is 1. The van der Waals surface area contributed by atoms with E-state index in [-0.39, 0.29) is 17.8 Å². The Hall–Kier alpha value is -1.65. The lowest BCUT2D eigenvalue weighted by atomic mass is 10.2. The zero-order valence-electron chi connectivity index (χ0n) is 8.53. The summed E-state index contributed by atoms with van der Waals surface area (Å²) >= 11 is 0. The van der Waals surface area contributed by atoms with Gasteiger partial charge in [-0.05, 0) is 20.8 Å². The van der Waals surface area contributed by atoms with Crippen LogP contribution in [0.2, 0.25) is 0 Å². The first-order valence-corrected chi connectivity index (χ1v) is 4.40. The Balaban J connectivity index is 2.90. The van der Waals surface area contributed by atoms with Crippen molar-refractivity contribution in [3.8, 4) is 0 Å². The number of carbonyl (C=O) groups is 1. The van der Waals surface area contributed by atoms with Crippen molar-refractivity contribution >= 4 is 11.7 Å². The van der Waals surface area contributed by atoms with E-state index in [9.17, 15) is 4.79 Å². The maximum atomic E-state index is 11.5. The Bertz CT molecular complexity index is 349. The van der Waals surface area contributed by atoms with Crippen LogP contribution >= 0.6 is 0 Å². The molecule has 0 saturated heterocycles. The molecule has 1 heterocycles. The van der Waals surface area contributed by atoms with Crippen LogP contribution in [-0.4, -0.2) is 21.9 Å². The van der Waals surface area contributed by atoms with Gasteiger partial charge in [-0.25, -0.2) is 9.97 Å². The summed E-state index contributed by atoms with van der Waals surface area (Å²) in [6.45, 7) is 5.48. The van der Waals surface area contributed by atoms with Gasteiger partial charge >= 0.3 is 0 Å². The smallest absolute Gasteiger partial charge is 0.256 e. The number of amides is 1. The number of nitrogen functional groups attached to an aromatic ring is 1. The molecule has 0 aliphatic heterocycles. The van der Waals surface area contributed by atoms with Crippen LogP contribution < -0.4 is 11.1 Å². The fraction of sp³-hybridized carbons (Fsp3) is 0.444. The van der Waals surface area contributed by atoms with Crippen molar-refractivity contribution in [2.24, 2.45) is 0 Å². The first-order chi connectivity index (χ1) is 6.50. The van der Waals surface area contributed by atoms with Gasteiger partial charge in [0, 0.05) is 12.2 Å². The molecule has 14 heavy (non-hydrogen) atoms. The van der Waals surface area contributed by atoms with Crippen molar-refractivity contribution in [2.45, 2.75) is 26.8 Å². The van der Waals surface area contributed by atoms with Crippen molar-refractivity contribution in [1.82, 2.24) is 15.3 Å². The predicted molar refractivity (Wildman–Crippen MR) is 53.8 cm³/mol. The van der Waals surface area contributed by atoms with Crippen molar-refractivity contribution in [2.75, 3.05) is 5.73 Å². The molecule has 0 aliphatic rings. The zero-order valence-corrected chi connectivity index (χ0v) is 8.53. The molecule has 0 bridgehead atoms. The third-order valence-corrected chi connectivity index (χ3v) is 1.60. The molecule has 0 aliphatic carbocycles. The molecule has 5 heteroatoms. The van der Waals surface area contributed by atoms with Crippen LogP contribution in [-0.2, 0) is 0 Å². The number of hydrogen-bond donors (Lipinski definition) is 2. The molecule has 0 saturated carbocycles. The van der Waals surface area contributed by atoms with Crippen LogP contribution in [0.25, 0.3) is 0 Å². The standard InChI is InChI=1S/C9H14N4O/c1-5(2)12-9(14)7-4-11-6(3)13-8(7)10/h4-5H,1-3H3,(H,12,14)(H2,10,11,13). The second-order valence-corrected chi connectivity index (χ2v) is 3.34. The molecule has 0 unspecified atom stereocenters. The number of hydrogen-bond acceptors (Lipinski definition) is 4. The molecule has 1 aromatic heterocycles. The van der Waals surface area contributed by atoms with E-state index in [1.54, 1.807) is 6.92 Å². The Labute approximate surface area is 82.7 Å². The van der Waals surface area contributed by atoms with Crippen LogP contribution in [0.5, 0.6) is 0 Å². The Morgan fingerprint density at radius 3 is 2.71 bits per heavy atom. The normalized spacial score (nSPS) is 10.3. The number of nitrogens with zero attached hydrogens (tertiary/aromatic N) is 2. The first kappa shape index (κ1) is 10.4. The van der Waals surface area contributed by atoms with Gasteiger partial charge in [-0.3, -0.25) is 4.79 Å². The second kappa shape index (κ2) is 4.04. The predicted octanol–water partition coefficient (Wildman–Crippen LogP) is 0.505. The van der Waals surface area contributed by atoms with E-state index in [0.717, 1.165) is 0 Å². The monoisotopic (exact) mass is 194 g/mol. The summed E-state index contributed by atoms with van der Waals surface area (Å²) in [4.78, 5) is 19.3. The van der Waals surface area contributed by atoms with E-state index in [1.165, 1.54) is 6.20 Å². The first-order valence-electron chi connectivity index (χ1n) is 4.40. The van der Waals surface area contributed by atoms with Crippen molar-refractivity contribution in [3.63, 3.8) is 0 Å². The highest BCUT2D eigenvalue weighted by Gasteiger charge is 2.11. The molecule has 0 fully saturated rings. The van der Waals surface area contributed by atoms with Gasteiger partial charge in [0.25, 0.3) is 5.91 Å². The van der Waals surface area contributed by atoms with Gasteiger partial charge in [-0.2, -0.15) is 0 Å². The summed E-state index contributed by atoms with van der Waals surface area (Å²) in [5.74, 6) is 0.539. The van der Waals surface area contributed by atoms with Crippen molar-refractivity contribution in [3.05, 3.63) is 17.6 Å². The van der Waals surface area contributed by atoms with E-state index < -0.39 is 0 Å². The van der Waals surface area contributed by atoms with E-state index >= 15 is 0 Å². The Morgan fingerprint density at radius 2 is 2.21 bits per heavy atom. The highest BCUT2D eigenvalue weighted by atomic mass is 16.1. The lowest BCUT2D eigenvalue weighted by Crippen LogP contribution is -2.31. The largest absolute Gasteiger partial charge is 0.383 e. The molecule has 76 valence electrons. The van der Waals surface area contributed by atoms with E-state index in [2.05, 4.69) is 15.3 Å². The molecule has 1 rings (SSSR count). The fourth-order valence-corrected chi connectivity index (χ4v) is 1.00. The number of aromatic nitrogens is 2. The molecule has 1 aromatic rings. The van der Waals surface area contributed by atoms with Crippen LogP contribution in [0.1, 0.15) is 30.0 Å². The van der Waals surface area contributed by atoms with E-state index in [1.807, 2.05) is 13.8 Å². The SMILES string of the molecule is Cc1ncc(C(=O)NC(C)C)c(N)n1. The van der Waals surface area contributed by atoms with Gasteiger partial charge in [-0.15, -0.1) is 0 Å². The molecule has 0 radical (unpaired) electrons. The van der Waals surface area contributed by atoms with Crippen molar-refractivity contribution < 1.29 is 4.79 Å². The highest BCUT2D eigenvalue weighted by Crippen LogP contribution is 2.06. The van der Waals surface area contributed by atoms with Crippen LogP contribution in [0.3, 0.4) is 0 Å². The quantitative estimate of drug-likeness (QED) is 0.718. The summed E-state index contributed by atoms with van der Waals surface area (Å²) in [6.07, 6.45) is 1.44. The summed E-state index contributed by atoms with van der Waals surface area (Å²) in [5.41, 5.74) is 5.91. The molecular formula is C9H14N4O. The number of rotatable bonds is 2. The van der Waals surface area contributed by atoms with Gasteiger partial charge in [0.15, 0.2) is 0 Å². The topological polar surface area (TPSA) is 80.9 Å². The third-order valence-electron chi connectivity index (χ3n) is 1.60. The fourth-order valence-electron chi connectivity index (χ4n) is 1.00. The lowest BCUT2D eigenvalue weighted by molar-refractivity contribution is 0.0943. The average molecular weight is 194 g/mol. The summed E-state index contributed by atoms with van der Waals surface area (Å²) in [7, 11) is 0. The maximum Gasteiger partial charge on any atom is 0.256 e. The lowest BCUT2D eigenvalue weighted by Gasteiger charge is -2.09. The molecule has 0 atom stereocenters. The number of nitrogens with one attached hydrogen (secondary N) is 1. The maximum absolute atomic E-state index is 11.5. The average Bonchev–Trinajstić information content (AvgIpc) is 2.01. The number of aryl methyl sites for hydroxylation is 1. The zero-order chi connectivity index (χ0) is 10.7. The minimum atomic E-state index is -0.238. The molecule has 5 nitrogen and oxygen atoms in total. The van der Waals surface area contributed by atoms with Crippen molar-refractivity contribution in [1.29, 1.82) is 0 Å². The minimum Gasteiger partial charge on any atom is -0.383 e. The van der Waals surface area contributed by atoms with E-state index in [4.69, 9.17) is 5.73 Å². The third kappa shape index (κ3) is 2.42. The summed E-state index contributed by atoms with van der Waals surface area (Å²) < 4.78 is 0. The minimum absolute atomic E-state index is 0.0724. The van der Waals surface area contributed by atoms with Gasteiger partial charge in [-0.1, -0.05) is 0 Å². The highest BCUT2D eigenvalue weighted by molar-refractivity contribution is 5.98. The number of nitrogens with two attached hydrogens (primary N) is 1. The van der Waals surface area contributed by atoms with E-state index in [0.29, 0.717) is 11.4 Å². The van der Waals surface area contributed by atoms with Crippen LogP contribution in [0, 0.1) is 6.92 Å². The molecule has 3 N–H and O–H groups in total. The van der Waals surface area contributed by atoms with Gasteiger partial charge in [0.1, 0.15) is 11.6 Å². The van der Waals surface area contributed by atoms with Crippen LogP contribution in [0.15, 0.2) is 6.20 Å². The Morgan fingerprint density at radius 1 is 1.57 bits per heavy atom. The van der Waals surface area contributed by atoms with Crippen LogP contribution in [0.4, 0.5) is 5.82 Å². The molecule has 0 spiro atoms. The number of carbonyl (C=O) groups excluding carboxylic acids is 1. The second-order valence-electron chi connectivity index (χ2n) is 3.34. The van der Waals surface area contributed by atoms with Gasteiger partial charge in [0.2, 0.25) is 0 Å². The Kier molecular flexibility index (Phi) is 3.01. The summed E-state index contributed by atoms with van der Waals surface area (Å²) in [5, 5.41) is 2.72. The molecule has 1 amide bonds. The molecular weight excluding hydrogens is 180 g/mol. The van der Waals surface area contributed by atoms with Gasteiger partial charge in [0.05, 0.1) is 5.56 Å². The molecule has 0 aromatic carbocycles.